The Labute approximate surface area is 110 Å². The van der Waals surface area contributed by atoms with Crippen molar-refractivity contribution in [1.29, 1.82) is 0 Å². The van der Waals surface area contributed by atoms with E-state index in [1.165, 1.54) is 11.6 Å². The maximum atomic E-state index is 13.1. The molecule has 0 fully saturated rings. The molecule has 17 heavy (non-hydrogen) atoms. The van der Waals surface area contributed by atoms with Crippen LogP contribution in [0.1, 0.15) is 17.0 Å². The molecule has 2 aromatic carbocycles. The second-order valence-electron chi connectivity index (χ2n) is 4.10. The normalized spacial score (nSPS) is 12.4. The Morgan fingerprint density at radius 2 is 1.76 bits per heavy atom. The van der Waals surface area contributed by atoms with E-state index < -0.39 is 0 Å². The monoisotopic (exact) mass is 292 g/mol. The summed E-state index contributed by atoms with van der Waals surface area (Å²) in [7, 11) is 0. The van der Waals surface area contributed by atoms with E-state index in [9.17, 15) is 4.39 Å². The summed E-state index contributed by atoms with van der Waals surface area (Å²) in [5.74, 6) is 0.224. The van der Waals surface area contributed by atoms with Crippen molar-refractivity contribution in [3.05, 3.63) is 71.5 Å². The lowest BCUT2D eigenvalue weighted by molar-refractivity contribution is 0.623. The summed E-state index contributed by atoms with van der Waals surface area (Å²) in [6.45, 7) is 0. The molecule has 0 aliphatic carbocycles. The predicted octanol–water partition coefficient (Wildman–Crippen LogP) is 4.55. The second-order valence-corrected chi connectivity index (χ2v) is 4.74. The van der Waals surface area contributed by atoms with Crippen molar-refractivity contribution < 1.29 is 4.39 Å². The van der Waals surface area contributed by atoms with Gasteiger partial charge in [0.05, 0.1) is 0 Å². The molecular formula is C15H14BrF. The van der Waals surface area contributed by atoms with Gasteiger partial charge in [-0.05, 0) is 35.6 Å². The number of halogens is 2. The van der Waals surface area contributed by atoms with Gasteiger partial charge in [0, 0.05) is 5.33 Å². The highest BCUT2D eigenvalue weighted by Gasteiger charge is 2.10. The molecule has 0 heterocycles. The van der Waals surface area contributed by atoms with Gasteiger partial charge in [0.1, 0.15) is 5.82 Å². The van der Waals surface area contributed by atoms with E-state index in [-0.39, 0.29) is 5.82 Å². The number of hydrogen-bond donors (Lipinski definition) is 0. The van der Waals surface area contributed by atoms with Gasteiger partial charge >= 0.3 is 0 Å². The summed E-state index contributed by atoms with van der Waals surface area (Å²) in [6.07, 6.45) is 0.854. The first-order valence-corrected chi connectivity index (χ1v) is 6.77. The predicted molar refractivity (Wildman–Crippen MR) is 73.1 cm³/mol. The van der Waals surface area contributed by atoms with Crippen molar-refractivity contribution in [2.45, 2.75) is 12.3 Å². The highest BCUT2D eigenvalue weighted by atomic mass is 79.9. The molecule has 0 spiro atoms. The minimum absolute atomic E-state index is 0.163. The van der Waals surface area contributed by atoms with Crippen molar-refractivity contribution in [3.8, 4) is 0 Å². The van der Waals surface area contributed by atoms with E-state index in [1.807, 2.05) is 24.3 Å². The van der Waals surface area contributed by atoms with Gasteiger partial charge in [-0.3, -0.25) is 0 Å². The minimum Gasteiger partial charge on any atom is -0.207 e. The zero-order valence-electron chi connectivity index (χ0n) is 9.44. The summed E-state index contributed by atoms with van der Waals surface area (Å²) in [4.78, 5) is 0. The Balaban J connectivity index is 2.16. The SMILES string of the molecule is Fc1cccc(CC(CBr)c2ccccc2)c1. The van der Waals surface area contributed by atoms with Gasteiger partial charge in [0.25, 0.3) is 0 Å². The molecule has 0 aromatic heterocycles. The number of benzene rings is 2. The van der Waals surface area contributed by atoms with Crippen LogP contribution in [0.3, 0.4) is 0 Å². The smallest absolute Gasteiger partial charge is 0.123 e. The lowest BCUT2D eigenvalue weighted by Gasteiger charge is -2.14. The molecule has 2 rings (SSSR count). The first-order valence-electron chi connectivity index (χ1n) is 5.65. The van der Waals surface area contributed by atoms with Crippen molar-refractivity contribution in [1.82, 2.24) is 0 Å². The van der Waals surface area contributed by atoms with E-state index >= 15 is 0 Å². The largest absolute Gasteiger partial charge is 0.207 e. The van der Waals surface area contributed by atoms with Crippen molar-refractivity contribution in [3.63, 3.8) is 0 Å². The van der Waals surface area contributed by atoms with Crippen molar-refractivity contribution in [2.24, 2.45) is 0 Å². The molecule has 0 saturated heterocycles. The van der Waals surface area contributed by atoms with Crippen LogP contribution in [0.4, 0.5) is 4.39 Å². The third kappa shape index (κ3) is 3.40. The molecule has 0 radical (unpaired) electrons. The molecular weight excluding hydrogens is 279 g/mol. The third-order valence-electron chi connectivity index (χ3n) is 2.83. The van der Waals surface area contributed by atoms with Crippen LogP contribution in [0.5, 0.6) is 0 Å². The molecule has 2 heteroatoms. The van der Waals surface area contributed by atoms with E-state index in [4.69, 9.17) is 0 Å². The van der Waals surface area contributed by atoms with Crippen molar-refractivity contribution in [2.75, 3.05) is 5.33 Å². The molecule has 0 nitrogen and oxygen atoms in total. The van der Waals surface area contributed by atoms with Crippen LogP contribution in [0.25, 0.3) is 0 Å². The maximum absolute atomic E-state index is 13.1. The number of alkyl halides is 1. The van der Waals surface area contributed by atoms with E-state index in [0.29, 0.717) is 5.92 Å². The first-order chi connectivity index (χ1) is 8.29. The van der Waals surface area contributed by atoms with Gasteiger partial charge in [-0.2, -0.15) is 0 Å². The summed E-state index contributed by atoms with van der Waals surface area (Å²) in [5, 5.41) is 0.882. The summed E-state index contributed by atoms with van der Waals surface area (Å²) in [5.41, 5.74) is 2.33. The van der Waals surface area contributed by atoms with Crippen LogP contribution < -0.4 is 0 Å². The fourth-order valence-electron chi connectivity index (χ4n) is 1.94. The first kappa shape index (κ1) is 12.3. The van der Waals surface area contributed by atoms with Gasteiger partial charge < -0.3 is 0 Å². The fourth-order valence-corrected chi connectivity index (χ4v) is 2.54. The van der Waals surface area contributed by atoms with Gasteiger partial charge in [0.15, 0.2) is 0 Å². The Morgan fingerprint density at radius 3 is 2.41 bits per heavy atom. The van der Waals surface area contributed by atoms with Crippen LogP contribution in [-0.4, -0.2) is 5.33 Å². The van der Waals surface area contributed by atoms with Gasteiger partial charge in [-0.1, -0.05) is 58.4 Å². The molecule has 1 atom stereocenters. The lowest BCUT2D eigenvalue weighted by atomic mass is 9.94. The fraction of sp³-hybridized carbons (Fsp3) is 0.200. The topological polar surface area (TPSA) is 0 Å². The average molecular weight is 293 g/mol. The van der Waals surface area contributed by atoms with Crippen molar-refractivity contribution >= 4 is 15.9 Å². The molecule has 0 aliphatic rings. The minimum atomic E-state index is -0.163. The zero-order valence-corrected chi connectivity index (χ0v) is 11.0. The van der Waals surface area contributed by atoms with Crippen LogP contribution in [-0.2, 0) is 6.42 Å². The van der Waals surface area contributed by atoms with Crippen LogP contribution in [0, 0.1) is 5.82 Å². The summed E-state index contributed by atoms with van der Waals surface area (Å²) in [6, 6.07) is 17.1. The Hall–Kier alpha value is -1.15. The quantitative estimate of drug-likeness (QED) is 0.726. The van der Waals surface area contributed by atoms with E-state index in [1.54, 1.807) is 12.1 Å². The van der Waals surface area contributed by atoms with Crippen LogP contribution >= 0.6 is 15.9 Å². The highest BCUT2D eigenvalue weighted by Crippen LogP contribution is 2.23. The van der Waals surface area contributed by atoms with Crippen LogP contribution in [0.2, 0.25) is 0 Å². The third-order valence-corrected chi connectivity index (χ3v) is 3.61. The second kappa shape index (κ2) is 5.97. The maximum Gasteiger partial charge on any atom is 0.123 e. The van der Waals surface area contributed by atoms with Gasteiger partial charge in [-0.25, -0.2) is 4.39 Å². The standard InChI is InChI=1S/C15H14BrF/c16-11-14(13-6-2-1-3-7-13)9-12-5-4-8-15(17)10-12/h1-8,10,14H,9,11H2. The van der Waals surface area contributed by atoms with Gasteiger partial charge in [-0.15, -0.1) is 0 Å². The summed E-state index contributed by atoms with van der Waals surface area (Å²) >= 11 is 3.53. The van der Waals surface area contributed by atoms with E-state index in [0.717, 1.165) is 17.3 Å². The lowest BCUT2D eigenvalue weighted by Crippen LogP contribution is -2.04. The highest BCUT2D eigenvalue weighted by molar-refractivity contribution is 9.09. The number of hydrogen-bond acceptors (Lipinski definition) is 0. The molecule has 0 saturated carbocycles. The van der Waals surface area contributed by atoms with Gasteiger partial charge in [0.2, 0.25) is 0 Å². The number of rotatable bonds is 4. The Bertz CT molecular complexity index is 467. The Morgan fingerprint density at radius 1 is 1.00 bits per heavy atom. The molecule has 0 N–H and O–H groups in total. The summed E-state index contributed by atoms with van der Waals surface area (Å²) < 4.78 is 13.1. The van der Waals surface area contributed by atoms with Crippen LogP contribution in [0.15, 0.2) is 54.6 Å². The Kier molecular flexibility index (Phi) is 4.32. The molecule has 2 aromatic rings. The molecule has 0 bridgehead atoms. The zero-order chi connectivity index (χ0) is 12.1. The molecule has 88 valence electrons. The average Bonchev–Trinajstić information content (AvgIpc) is 2.37. The molecule has 0 amide bonds. The molecule has 1 unspecified atom stereocenters. The molecule has 0 aliphatic heterocycles. The van der Waals surface area contributed by atoms with E-state index in [2.05, 4.69) is 28.1 Å².